The van der Waals surface area contributed by atoms with E-state index >= 15 is 0 Å². The van der Waals surface area contributed by atoms with E-state index in [2.05, 4.69) is 6.92 Å². The van der Waals surface area contributed by atoms with Crippen LogP contribution >= 0.6 is 0 Å². The van der Waals surface area contributed by atoms with Crippen LogP contribution in [-0.4, -0.2) is 24.2 Å². The third-order valence-corrected chi connectivity index (χ3v) is 6.96. The van der Waals surface area contributed by atoms with Crippen molar-refractivity contribution in [2.45, 2.75) is 64.2 Å². The molecule has 1 fully saturated rings. The highest BCUT2D eigenvalue weighted by Crippen LogP contribution is 2.35. The normalized spacial score (nSPS) is 17.5. The molecule has 3 aromatic rings. The summed E-state index contributed by atoms with van der Waals surface area (Å²) in [5.74, 6) is -4.84. The molecule has 0 unspecified atom stereocenters. The quantitative estimate of drug-likeness (QED) is 0.307. The van der Waals surface area contributed by atoms with E-state index in [0.29, 0.717) is 6.42 Å². The number of hydrogen-bond donors (Lipinski definition) is 0. The van der Waals surface area contributed by atoms with Crippen LogP contribution in [0.2, 0.25) is 0 Å². The van der Waals surface area contributed by atoms with Crippen LogP contribution < -0.4 is 4.90 Å². The van der Waals surface area contributed by atoms with Crippen molar-refractivity contribution in [2.24, 2.45) is 5.92 Å². The maximum Gasteiger partial charge on any atom is 0.305 e. The number of anilines is 1. The van der Waals surface area contributed by atoms with Crippen molar-refractivity contribution >= 4 is 28.2 Å². The molecule has 184 valence electrons. The summed E-state index contributed by atoms with van der Waals surface area (Å²) in [7, 11) is 0. The van der Waals surface area contributed by atoms with Gasteiger partial charge in [-0.3, -0.25) is 9.59 Å². The van der Waals surface area contributed by atoms with Crippen molar-refractivity contribution in [3.8, 4) is 0 Å². The Morgan fingerprint density at radius 1 is 0.971 bits per heavy atom. The number of carbonyl (C=O) groups excluding carboxylic acids is 2. The third-order valence-electron chi connectivity index (χ3n) is 6.96. The molecule has 1 aliphatic rings. The van der Waals surface area contributed by atoms with Crippen LogP contribution in [0.4, 0.5) is 14.5 Å². The average Bonchev–Trinajstić information content (AvgIpc) is 2.85. The van der Waals surface area contributed by atoms with Gasteiger partial charge in [0.25, 0.3) is 0 Å². The molecule has 0 aliphatic heterocycles. The van der Waals surface area contributed by atoms with Gasteiger partial charge in [-0.25, -0.2) is 0 Å². The lowest BCUT2D eigenvalue weighted by atomic mass is 9.85. The minimum atomic E-state index is -3.31. The molecule has 35 heavy (non-hydrogen) atoms. The van der Waals surface area contributed by atoms with Gasteiger partial charge in [0.1, 0.15) is 0 Å². The fraction of sp³-hybridized carbons (Fsp3) is 0.400. The van der Waals surface area contributed by atoms with E-state index in [-0.39, 0.29) is 25.3 Å². The Bertz CT molecular complexity index is 1170. The number of aryl methyl sites for hydroxylation is 1. The van der Waals surface area contributed by atoms with Crippen LogP contribution in [0.5, 0.6) is 0 Å². The summed E-state index contributed by atoms with van der Waals surface area (Å²) in [6, 6.07) is 21.8. The lowest BCUT2D eigenvalue weighted by molar-refractivity contribution is -0.150. The highest BCUT2D eigenvalue weighted by atomic mass is 19.3. The molecule has 0 aromatic heterocycles. The number of halogens is 2. The van der Waals surface area contributed by atoms with E-state index in [0.717, 1.165) is 41.3 Å². The monoisotopic (exact) mass is 477 g/mol. The second kappa shape index (κ2) is 11.1. The first-order chi connectivity index (χ1) is 16.9. The first-order valence-corrected chi connectivity index (χ1v) is 12.6. The van der Waals surface area contributed by atoms with Crippen LogP contribution in [-0.2, 0) is 22.4 Å². The van der Waals surface area contributed by atoms with Crippen molar-refractivity contribution in [2.75, 3.05) is 11.4 Å². The van der Waals surface area contributed by atoms with E-state index in [1.165, 1.54) is 12.0 Å². The van der Waals surface area contributed by atoms with Crippen LogP contribution in [0.3, 0.4) is 0 Å². The maximum absolute atomic E-state index is 14.1. The predicted molar refractivity (Wildman–Crippen MR) is 137 cm³/mol. The van der Waals surface area contributed by atoms with E-state index < -0.39 is 24.0 Å². The predicted octanol–water partition coefficient (Wildman–Crippen LogP) is 7.15. The largest absolute Gasteiger partial charge is 0.312 e. The molecule has 0 radical (unpaired) electrons. The molecule has 0 saturated heterocycles. The second-order valence-corrected chi connectivity index (χ2v) is 9.72. The Balaban J connectivity index is 1.54. The molecule has 5 heteroatoms. The first-order valence-electron chi connectivity index (χ1n) is 12.6. The van der Waals surface area contributed by atoms with Crippen molar-refractivity contribution in [1.82, 2.24) is 0 Å². The lowest BCUT2D eigenvalue weighted by Crippen LogP contribution is -2.43. The number of nitrogens with zero attached hydrogens (tertiary/aromatic N) is 1. The number of Topliss-reactive ketones (excluding diaryl/α,β-unsaturated/α-hetero) is 1. The average molecular weight is 478 g/mol. The minimum Gasteiger partial charge on any atom is -0.312 e. The molecular formula is C30H33F2NO2. The Labute approximate surface area is 206 Å². The molecule has 0 bridgehead atoms. The fourth-order valence-electron chi connectivity index (χ4n) is 4.90. The minimum absolute atomic E-state index is 0.126. The van der Waals surface area contributed by atoms with Gasteiger partial charge in [0.2, 0.25) is 11.7 Å². The molecule has 1 aliphatic carbocycles. The maximum atomic E-state index is 14.1. The number of rotatable bonds is 9. The van der Waals surface area contributed by atoms with Crippen molar-refractivity contribution in [1.29, 1.82) is 0 Å². The molecule has 3 aromatic carbocycles. The van der Waals surface area contributed by atoms with Crippen molar-refractivity contribution < 1.29 is 18.4 Å². The standard InChI is InChI=1S/C30H33F2NO2/c1-2-3-4-7-22-11-15-27(16-12-22)33(21-24-13-17-28(34)30(31,32)20-24)29(35)19-23-10-14-25-8-5-6-9-26(25)18-23/h5-6,8-12,14-16,18,24H,2-4,7,13,17,19-21H2,1H3/t24-/m0/s1. The van der Waals surface area contributed by atoms with Crippen LogP contribution in [0.25, 0.3) is 10.8 Å². The van der Waals surface area contributed by atoms with Gasteiger partial charge in [0, 0.05) is 25.1 Å². The molecule has 0 spiro atoms. The second-order valence-electron chi connectivity index (χ2n) is 9.72. The number of fused-ring (bicyclic) bond motifs is 1. The number of carbonyl (C=O) groups is 2. The van der Waals surface area contributed by atoms with Crippen molar-refractivity contribution in [3.63, 3.8) is 0 Å². The van der Waals surface area contributed by atoms with Crippen LogP contribution in [0, 0.1) is 5.92 Å². The zero-order valence-corrected chi connectivity index (χ0v) is 20.3. The Morgan fingerprint density at radius 2 is 1.69 bits per heavy atom. The van der Waals surface area contributed by atoms with Gasteiger partial charge in [0.15, 0.2) is 0 Å². The summed E-state index contributed by atoms with van der Waals surface area (Å²) in [4.78, 5) is 26.8. The number of amides is 1. The van der Waals surface area contributed by atoms with Gasteiger partial charge in [-0.2, -0.15) is 8.78 Å². The lowest BCUT2D eigenvalue weighted by Gasteiger charge is -2.32. The third kappa shape index (κ3) is 6.33. The molecule has 0 heterocycles. The van der Waals surface area contributed by atoms with Gasteiger partial charge in [-0.05, 0) is 59.2 Å². The topological polar surface area (TPSA) is 37.4 Å². The van der Waals surface area contributed by atoms with Gasteiger partial charge in [-0.15, -0.1) is 0 Å². The number of unbranched alkanes of at least 4 members (excludes halogenated alkanes) is 2. The zero-order chi connectivity index (χ0) is 24.8. The van der Waals surface area contributed by atoms with Gasteiger partial charge in [0.05, 0.1) is 6.42 Å². The summed E-state index contributed by atoms with van der Waals surface area (Å²) in [6.07, 6.45) is 4.36. The van der Waals surface area contributed by atoms with E-state index in [1.807, 2.05) is 66.7 Å². The van der Waals surface area contributed by atoms with Crippen LogP contribution in [0.1, 0.15) is 56.6 Å². The van der Waals surface area contributed by atoms with Gasteiger partial charge in [-0.1, -0.05) is 74.4 Å². The summed E-state index contributed by atoms with van der Waals surface area (Å²) < 4.78 is 28.3. The van der Waals surface area contributed by atoms with Gasteiger partial charge >= 0.3 is 5.92 Å². The molecule has 1 amide bonds. The Hall–Kier alpha value is -3.08. The number of ketones is 1. The molecular weight excluding hydrogens is 444 g/mol. The van der Waals surface area contributed by atoms with E-state index in [9.17, 15) is 18.4 Å². The Kier molecular flexibility index (Phi) is 7.94. The SMILES string of the molecule is CCCCCc1ccc(N(C[C@H]2CCC(=O)C(F)(F)C2)C(=O)Cc2ccc3ccccc3c2)cc1. The fourth-order valence-corrected chi connectivity index (χ4v) is 4.90. The number of hydrogen-bond acceptors (Lipinski definition) is 2. The first kappa shape index (κ1) is 25.0. The molecule has 1 atom stereocenters. The van der Waals surface area contributed by atoms with Gasteiger partial charge < -0.3 is 4.90 Å². The van der Waals surface area contributed by atoms with E-state index in [4.69, 9.17) is 0 Å². The molecule has 4 rings (SSSR count). The summed E-state index contributed by atoms with van der Waals surface area (Å²) in [6.45, 7) is 2.36. The van der Waals surface area contributed by atoms with Crippen LogP contribution in [0.15, 0.2) is 66.7 Å². The molecule has 3 nitrogen and oxygen atoms in total. The highest BCUT2D eigenvalue weighted by molar-refractivity contribution is 5.95. The number of alkyl halides is 2. The van der Waals surface area contributed by atoms with E-state index in [1.54, 1.807) is 4.90 Å². The summed E-state index contributed by atoms with van der Waals surface area (Å²) in [5.41, 5.74) is 2.81. The Morgan fingerprint density at radius 3 is 2.40 bits per heavy atom. The number of benzene rings is 3. The summed E-state index contributed by atoms with van der Waals surface area (Å²) >= 11 is 0. The molecule has 0 N–H and O–H groups in total. The zero-order valence-electron chi connectivity index (χ0n) is 20.3. The highest BCUT2D eigenvalue weighted by Gasteiger charge is 2.44. The van der Waals surface area contributed by atoms with Crippen molar-refractivity contribution in [3.05, 3.63) is 77.9 Å². The summed E-state index contributed by atoms with van der Waals surface area (Å²) in [5, 5.41) is 2.17. The smallest absolute Gasteiger partial charge is 0.305 e. The molecule has 1 saturated carbocycles.